The largest absolute Gasteiger partial charge is 0.329 e. The van der Waals surface area contributed by atoms with Gasteiger partial charge in [0.25, 0.3) is 0 Å². The maximum atomic E-state index is 14.0. The van der Waals surface area contributed by atoms with Crippen molar-refractivity contribution in [2.24, 2.45) is 0 Å². The second-order valence-corrected chi connectivity index (χ2v) is 5.09. The Morgan fingerprint density at radius 3 is 2.84 bits per heavy atom. The molecule has 1 aromatic carbocycles. The lowest BCUT2D eigenvalue weighted by Crippen LogP contribution is -2.00. The van der Waals surface area contributed by atoms with Crippen LogP contribution in [0.2, 0.25) is 10.0 Å². The molecular formula is C12H6Cl2FN3S. The number of H-pyrrole nitrogens is 1. The number of para-hydroxylation sites is 1. The van der Waals surface area contributed by atoms with Gasteiger partial charge < -0.3 is 4.98 Å². The van der Waals surface area contributed by atoms with Crippen LogP contribution in [0.3, 0.4) is 0 Å². The predicted octanol–water partition coefficient (Wildman–Crippen LogP) is 4.53. The second kappa shape index (κ2) is 4.59. The maximum Gasteiger partial charge on any atom is 0.184 e. The van der Waals surface area contributed by atoms with Gasteiger partial charge in [-0.15, -0.1) is 0 Å². The molecule has 3 aromatic rings. The summed E-state index contributed by atoms with van der Waals surface area (Å²) in [5.74, 6) is -0.471. The van der Waals surface area contributed by atoms with E-state index in [1.54, 1.807) is 12.1 Å². The number of nitrogens with one attached hydrogen (secondary N) is 1. The van der Waals surface area contributed by atoms with Crippen LogP contribution in [0.5, 0.6) is 0 Å². The highest BCUT2D eigenvalue weighted by atomic mass is 35.5. The van der Waals surface area contributed by atoms with E-state index in [-0.39, 0.29) is 10.7 Å². The Hall–Kier alpha value is -1.43. The van der Waals surface area contributed by atoms with Gasteiger partial charge in [-0.3, -0.25) is 4.57 Å². The van der Waals surface area contributed by atoms with Crippen molar-refractivity contribution in [1.29, 1.82) is 0 Å². The Labute approximate surface area is 122 Å². The summed E-state index contributed by atoms with van der Waals surface area (Å²) in [6, 6.07) is 6.11. The summed E-state index contributed by atoms with van der Waals surface area (Å²) in [6.45, 7) is 0. The van der Waals surface area contributed by atoms with E-state index in [4.69, 9.17) is 35.4 Å². The summed E-state index contributed by atoms with van der Waals surface area (Å²) in [7, 11) is 0. The highest BCUT2D eigenvalue weighted by Gasteiger charge is 2.15. The van der Waals surface area contributed by atoms with Crippen LogP contribution in [-0.4, -0.2) is 14.5 Å². The first-order valence-corrected chi connectivity index (χ1v) is 6.45. The molecule has 0 saturated heterocycles. The fraction of sp³-hybridized carbons (Fsp3) is 0. The zero-order chi connectivity index (χ0) is 13.6. The summed E-state index contributed by atoms with van der Waals surface area (Å²) in [4.78, 5) is 7.09. The molecule has 7 heteroatoms. The van der Waals surface area contributed by atoms with Crippen LogP contribution in [-0.2, 0) is 0 Å². The topological polar surface area (TPSA) is 33.6 Å². The maximum absolute atomic E-state index is 14.0. The molecule has 0 unspecified atom stereocenters. The number of aromatic amines is 1. The van der Waals surface area contributed by atoms with Gasteiger partial charge in [-0.1, -0.05) is 29.3 Å². The van der Waals surface area contributed by atoms with Crippen LogP contribution >= 0.6 is 35.4 Å². The van der Waals surface area contributed by atoms with Gasteiger partial charge >= 0.3 is 0 Å². The molecule has 0 aliphatic rings. The van der Waals surface area contributed by atoms with E-state index >= 15 is 0 Å². The Kier molecular flexibility index (Phi) is 3.05. The third-order valence-corrected chi connectivity index (χ3v) is 3.45. The number of pyridine rings is 1. The average molecular weight is 314 g/mol. The van der Waals surface area contributed by atoms with E-state index in [1.807, 2.05) is 0 Å². The smallest absolute Gasteiger partial charge is 0.184 e. The molecule has 19 heavy (non-hydrogen) atoms. The quantitative estimate of drug-likeness (QED) is 0.670. The summed E-state index contributed by atoms with van der Waals surface area (Å²) in [5, 5.41) is 0.726. The van der Waals surface area contributed by atoms with Crippen molar-refractivity contribution in [3.05, 3.63) is 51.1 Å². The first-order valence-electron chi connectivity index (χ1n) is 5.28. The van der Waals surface area contributed by atoms with E-state index in [0.717, 1.165) is 0 Å². The van der Waals surface area contributed by atoms with Gasteiger partial charge in [-0.05, 0) is 30.4 Å². The molecule has 0 amide bonds. The van der Waals surface area contributed by atoms with Gasteiger partial charge in [0.15, 0.2) is 10.4 Å². The fourth-order valence-electron chi connectivity index (χ4n) is 1.88. The average Bonchev–Trinajstić information content (AvgIpc) is 2.65. The molecule has 3 rings (SSSR count). The van der Waals surface area contributed by atoms with Crippen LogP contribution in [0.25, 0.3) is 16.9 Å². The minimum Gasteiger partial charge on any atom is -0.329 e. The predicted molar refractivity (Wildman–Crippen MR) is 76.2 cm³/mol. The minimum absolute atomic E-state index is 0.176. The third kappa shape index (κ3) is 2.04. The van der Waals surface area contributed by atoms with Crippen LogP contribution < -0.4 is 0 Å². The number of hydrogen-bond acceptors (Lipinski definition) is 2. The highest BCUT2D eigenvalue weighted by Crippen LogP contribution is 2.27. The second-order valence-electron chi connectivity index (χ2n) is 3.86. The lowest BCUT2D eigenvalue weighted by atomic mass is 10.3. The number of halogens is 3. The normalized spacial score (nSPS) is 11.1. The number of aromatic nitrogens is 3. The molecule has 0 spiro atoms. The van der Waals surface area contributed by atoms with Crippen molar-refractivity contribution < 1.29 is 4.39 Å². The molecule has 2 aromatic heterocycles. The zero-order valence-electron chi connectivity index (χ0n) is 9.32. The standard InChI is InChI=1S/C12H6Cl2FN3S/c13-6-4-9-11(16-5-6)18(12(19)17-9)10-7(14)2-1-3-8(10)15/h1-5H,(H,17,19). The Morgan fingerprint density at radius 2 is 2.11 bits per heavy atom. The SMILES string of the molecule is Fc1cccc(Cl)c1-n1c(=S)[nH]c2cc(Cl)cnc21. The van der Waals surface area contributed by atoms with Gasteiger partial charge in [0.1, 0.15) is 11.5 Å². The van der Waals surface area contributed by atoms with E-state index < -0.39 is 5.82 Å². The van der Waals surface area contributed by atoms with Crippen molar-refractivity contribution >= 4 is 46.6 Å². The summed E-state index contributed by atoms with van der Waals surface area (Å²) >= 11 is 17.1. The number of fused-ring (bicyclic) bond motifs is 1. The molecule has 96 valence electrons. The number of nitrogens with zero attached hydrogens (tertiary/aromatic N) is 2. The first-order chi connectivity index (χ1) is 9.08. The number of benzene rings is 1. The lowest BCUT2D eigenvalue weighted by Gasteiger charge is -2.07. The van der Waals surface area contributed by atoms with Gasteiger partial charge in [0.05, 0.1) is 15.6 Å². The molecule has 1 N–H and O–H groups in total. The molecule has 2 heterocycles. The van der Waals surface area contributed by atoms with Crippen molar-refractivity contribution in [2.75, 3.05) is 0 Å². The Bertz CT molecular complexity index is 820. The molecule has 0 aliphatic carbocycles. The molecule has 0 fully saturated rings. The van der Waals surface area contributed by atoms with Crippen LogP contribution in [0.15, 0.2) is 30.5 Å². The summed E-state index contributed by atoms with van der Waals surface area (Å²) < 4.78 is 15.7. The van der Waals surface area contributed by atoms with Crippen molar-refractivity contribution in [3.63, 3.8) is 0 Å². The van der Waals surface area contributed by atoms with Crippen molar-refractivity contribution in [2.45, 2.75) is 0 Å². The molecule has 3 nitrogen and oxygen atoms in total. The van der Waals surface area contributed by atoms with E-state index in [1.165, 1.54) is 22.9 Å². The fourth-order valence-corrected chi connectivity index (χ4v) is 2.57. The highest BCUT2D eigenvalue weighted by molar-refractivity contribution is 7.71. The lowest BCUT2D eigenvalue weighted by molar-refractivity contribution is 0.618. The molecular weight excluding hydrogens is 308 g/mol. The molecule has 0 radical (unpaired) electrons. The van der Waals surface area contributed by atoms with Crippen LogP contribution in [0.1, 0.15) is 0 Å². The van der Waals surface area contributed by atoms with Crippen molar-refractivity contribution in [1.82, 2.24) is 14.5 Å². The Balaban J connectivity index is 2.43. The monoisotopic (exact) mass is 313 g/mol. The van der Waals surface area contributed by atoms with Gasteiger partial charge in [0, 0.05) is 6.20 Å². The van der Waals surface area contributed by atoms with Gasteiger partial charge in [-0.25, -0.2) is 9.37 Å². The van der Waals surface area contributed by atoms with E-state index in [0.29, 0.717) is 21.0 Å². The van der Waals surface area contributed by atoms with E-state index in [9.17, 15) is 4.39 Å². The molecule has 0 aliphatic heterocycles. The molecule has 0 bridgehead atoms. The third-order valence-electron chi connectivity index (χ3n) is 2.65. The van der Waals surface area contributed by atoms with Gasteiger partial charge in [-0.2, -0.15) is 0 Å². The Morgan fingerprint density at radius 1 is 1.32 bits per heavy atom. The minimum atomic E-state index is -0.471. The molecule has 0 atom stereocenters. The summed E-state index contributed by atoms with van der Waals surface area (Å²) in [5.41, 5.74) is 1.27. The van der Waals surface area contributed by atoms with Crippen LogP contribution in [0, 0.1) is 10.6 Å². The summed E-state index contributed by atoms with van der Waals surface area (Å²) in [6.07, 6.45) is 1.47. The number of hydrogen-bond donors (Lipinski definition) is 1. The van der Waals surface area contributed by atoms with Gasteiger partial charge in [0.2, 0.25) is 0 Å². The first kappa shape index (κ1) is 12.6. The molecule has 0 saturated carbocycles. The number of imidazole rings is 1. The zero-order valence-corrected chi connectivity index (χ0v) is 11.7. The number of rotatable bonds is 1. The van der Waals surface area contributed by atoms with Crippen molar-refractivity contribution in [3.8, 4) is 5.69 Å². The van der Waals surface area contributed by atoms with E-state index in [2.05, 4.69) is 9.97 Å². The van der Waals surface area contributed by atoms with Crippen LogP contribution in [0.4, 0.5) is 4.39 Å².